The second-order valence-corrected chi connectivity index (χ2v) is 6.73. The summed E-state index contributed by atoms with van der Waals surface area (Å²) in [4.78, 5) is 19.4. The summed E-state index contributed by atoms with van der Waals surface area (Å²) < 4.78 is 5.80. The number of nitrogens with zero attached hydrogens (tertiary/aromatic N) is 3. The van der Waals surface area contributed by atoms with Gasteiger partial charge in [0.05, 0.1) is 24.9 Å². The van der Waals surface area contributed by atoms with Gasteiger partial charge in [0.15, 0.2) is 0 Å². The number of aliphatic carboxylic acids is 1. The van der Waals surface area contributed by atoms with E-state index in [0.29, 0.717) is 13.2 Å². The van der Waals surface area contributed by atoms with Crippen molar-refractivity contribution in [1.29, 1.82) is 0 Å². The Balaban J connectivity index is 1.59. The van der Waals surface area contributed by atoms with E-state index in [1.807, 2.05) is 31.4 Å². The first-order valence-electron chi connectivity index (χ1n) is 8.85. The van der Waals surface area contributed by atoms with Crippen molar-refractivity contribution in [2.75, 3.05) is 39.8 Å². The van der Waals surface area contributed by atoms with Gasteiger partial charge in [-0.15, -0.1) is 0 Å². The summed E-state index contributed by atoms with van der Waals surface area (Å²) in [6.45, 7) is 3.86. The van der Waals surface area contributed by atoms with E-state index >= 15 is 0 Å². The van der Waals surface area contributed by atoms with Crippen LogP contribution in [0.5, 0.6) is 0 Å². The number of rotatable bonds is 7. The molecule has 2 aromatic rings. The Morgan fingerprint density at radius 1 is 1.35 bits per heavy atom. The average molecular weight is 355 g/mol. The van der Waals surface area contributed by atoms with Crippen LogP contribution in [-0.4, -0.2) is 71.8 Å². The van der Waals surface area contributed by atoms with Crippen LogP contribution < -0.4 is 0 Å². The van der Waals surface area contributed by atoms with E-state index < -0.39 is 5.97 Å². The lowest BCUT2D eigenvalue weighted by molar-refractivity contribution is -0.138. The van der Waals surface area contributed by atoms with Crippen molar-refractivity contribution in [2.24, 2.45) is 0 Å². The predicted molar refractivity (Wildman–Crippen MR) is 99.8 cm³/mol. The molecular weight excluding hydrogens is 330 g/mol. The smallest absolute Gasteiger partial charge is 0.317 e. The molecule has 1 aromatic heterocycles. The summed E-state index contributed by atoms with van der Waals surface area (Å²) >= 11 is 0. The summed E-state index contributed by atoms with van der Waals surface area (Å²) in [6, 6.07) is 14.4. The number of benzene rings is 1. The molecule has 1 saturated heterocycles. The van der Waals surface area contributed by atoms with Crippen molar-refractivity contribution in [3.05, 3.63) is 54.2 Å². The number of carbonyl (C=O) groups is 1. The molecule has 26 heavy (non-hydrogen) atoms. The number of morpholine rings is 1. The Bertz CT molecular complexity index is 723. The minimum Gasteiger partial charge on any atom is -0.480 e. The maximum Gasteiger partial charge on any atom is 0.317 e. The molecule has 0 saturated carbocycles. The van der Waals surface area contributed by atoms with Crippen LogP contribution in [0, 0.1) is 0 Å². The number of carboxylic acids is 1. The molecule has 1 atom stereocenters. The molecule has 1 aliphatic heterocycles. The van der Waals surface area contributed by atoms with Crippen molar-refractivity contribution < 1.29 is 14.6 Å². The third-order valence-corrected chi connectivity index (χ3v) is 4.44. The number of ether oxygens (including phenoxy) is 1. The molecule has 1 aliphatic rings. The van der Waals surface area contributed by atoms with Crippen LogP contribution in [0.2, 0.25) is 0 Å². The highest BCUT2D eigenvalue weighted by Crippen LogP contribution is 2.19. The van der Waals surface area contributed by atoms with E-state index in [1.54, 1.807) is 4.90 Å². The molecule has 0 radical (unpaired) electrons. The Labute approximate surface area is 154 Å². The highest BCUT2D eigenvalue weighted by molar-refractivity contribution is 5.69. The van der Waals surface area contributed by atoms with Gasteiger partial charge in [0.1, 0.15) is 0 Å². The monoisotopic (exact) mass is 355 g/mol. The van der Waals surface area contributed by atoms with Gasteiger partial charge in [0, 0.05) is 37.9 Å². The van der Waals surface area contributed by atoms with Crippen LogP contribution >= 0.6 is 0 Å². The van der Waals surface area contributed by atoms with Gasteiger partial charge in [-0.1, -0.05) is 24.3 Å². The largest absolute Gasteiger partial charge is 0.480 e. The molecule has 0 bridgehead atoms. The lowest BCUT2D eigenvalue weighted by Crippen LogP contribution is -2.47. The Kier molecular flexibility index (Phi) is 6.33. The number of pyridine rings is 1. The lowest BCUT2D eigenvalue weighted by atomic mass is 10.1. The first-order chi connectivity index (χ1) is 12.6. The fraction of sp³-hybridized carbons (Fsp3) is 0.400. The fourth-order valence-electron chi connectivity index (χ4n) is 3.30. The maximum atomic E-state index is 10.8. The molecule has 1 unspecified atom stereocenters. The number of likely N-dealkylation sites (N-methyl/N-ethyl adjacent to an activating group) is 1. The molecule has 0 aliphatic carbocycles. The first kappa shape index (κ1) is 18.5. The van der Waals surface area contributed by atoms with E-state index in [-0.39, 0.29) is 12.6 Å². The number of hydrogen-bond donors (Lipinski definition) is 1. The molecule has 2 heterocycles. The van der Waals surface area contributed by atoms with Crippen LogP contribution in [0.25, 0.3) is 11.3 Å². The van der Waals surface area contributed by atoms with Gasteiger partial charge in [-0.25, -0.2) is 0 Å². The van der Waals surface area contributed by atoms with Gasteiger partial charge in [0.25, 0.3) is 0 Å². The van der Waals surface area contributed by atoms with Gasteiger partial charge in [-0.05, 0) is 30.8 Å². The highest BCUT2D eigenvalue weighted by atomic mass is 16.5. The number of aromatic nitrogens is 1. The van der Waals surface area contributed by atoms with Crippen molar-refractivity contribution in [3.63, 3.8) is 0 Å². The normalized spacial score (nSPS) is 18.2. The molecule has 0 spiro atoms. The second-order valence-electron chi connectivity index (χ2n) is 6.73. The highest BCUT2D eigenvalue weighted by Gasteiger charge is 2.22. The molecule has 1 N–H and O–H groups in total. The minimum atomic E-state index is -0.813. The van der Waals surface area contributed by atoms with Crippen molar-refractivity contribution in [3.8, 4) is 11.3 Å². The molecule has 138 valence electrons. The second kappa shape index (κ2) is 8.89. The van der Waals surface area contributed by atoms with E-state index in [0.717, 1.165) is 30.9 Å². The van der Waals surface area contributed by atoms with Crippen LogP contribution in [0.15, 0.2) is 48.7 Å². The summed E-state index contributed by atoms with van der Waals surface area (Å²) in [5.74, 6) is -0.813. The molecule has 0 amide bonds. The maximum absolute atomic E-state index is 10.8. The zero-order chi connectivity index (χ0) is 18.4. The van der Waals surface area contributed by atoms with Crippen LogP contribution in [0.3, 0.4) is 0 Å². The zero-order valence-corrected chi connectivity index (χ0v) is 15.0. The molecule has 3 rings (SSSR count). The quantitative estimate of drug-likeness (QED) is 0.819. The molecule has 1 fully saturated rings. The standard InChI is InChI=1S/C20H25N3O3/c1-22(15-20(24)25)13-18-14-23(9-10-26-18)12-16-5-4-6-17(11-16)19-7-2-3-8-21-19/h2-8,11,18H,9-10,12-15H2,1H3,(H,24,25). The van der Waals surface area contributed by atoms with Gasteiger partial charge < -0.3 is 9.84 Å². The summed E-state index contributed by atoms with van der Waals surface area (Å²) in [5, 5.41) is 8.88. The topological polar surface area (TPSA) is 65.9 Å². The summed E-state index contributed by atoms with van der Waals surface area (Å²) in [6.07, 6.45) is 1.84. The Hall–Kier alpha value is -2.28. The predicted octanol–water partition coefficient (Wildman–Crippen LogP) is 1.97. The summed E-state index contributed by atoms with van der Waals surface area (Å²) in [7, 11) is 1.81. The molecule has 1 aromatic carbocycles. The van der Waals surface area contributed by atoms with Crippen molar-refractivity contribution in [1.82, 2.24) is 14.8 Å². The zero-order valence-electron chi connectivity index (χ0n) is 15.0. The minimum absolute atomic E-state index is 0.0337. The van der Waals surface area contributed by atoms with E-state index in [4.69, 9.17) is 9.84 Å². The summed E-state index contributed by atoms with van der Waals surface area (Å²) in [5.41, 5.74) is 3.34. The van der Waals surface area contributed by atoms with E-state index in [9.17, 15) is 4.79 Å². The van der Waals surface area contributed by atoms with Gasteiger partial charge in [0.2, 0.25) is 0 Å². The molecule has 6 heteroatoms. The fourth-order valence-corrected chi connectivity index (χ4v) is 3.30. The van der Waals surface area contributed by atoms with Crippen LogP contribution in [0.1, 0.15) is 5.56 Å². The molecular formula is C20H25N3O3. The Morgan fingerprint density at radius 2 is 2.23 bits per heavy atom. The van der Waals surface area contributed by atoms with Crippen molar-refractivity contribution >= 4 is 5.97 Å². The van der Waals surface area contributed by atoms with E-state index in [2.05, 4.69) is 34.1 Å². The van der Waals surface area contributed by atoms with Crippen molar-refractivity contribution in [2.45, 2.75) is 12.6 Å². The van der Waals surface area contributed by atoms with Gasteiger partial charge >= 0.3 is 5.97 Å². The van der Waals surface area contributed by atoms with Gasteiger partial charge in [-0.3, -0.25) is 19.6 Å². The van der Waals surface area contributed by atoms with Gasteiger partial charge in [-0.2, -0.15) is 0 Å². The third kappa shape index (κ3) is 5.36. The van der Waals surface area contributed by atoms with Crippen LogP contribution in [0.4, 0.5) is 0 Å². The number of carboxylic acid groups (broad SMARTS) is 1. The molecule has 6 nitrogen and oxygen atoms in total. The SMILES string of the molecule is CN(CC(=O)O)CC1CN(Cc2cccc(-c3ccccn3)c2)CCO1. The first-order valence-corrected chi connectivity index (χ1v) is 8.85. The number of hydrogen-bond acceptors (Lipinski definition) is 5. The average Bonchev–Trinajstić information content (AvgIpc) is 2.62. The lowest BCUT2D eigenvalue weighted by Gasteiger charge is -2.34. The van der Waals surface area contributed by atoms with E-state index in [1.165, 1.54) is 5.56 Å². The third-order valence-electron chi connectivity index (χ3n) is 4.44. The Morgan fingerprint density at radius 3 is 3.00 bits per heavy atom. The van der Waals surface area contributed by atoms with Crippen LogP contribution in [-0.2, 0) is 16.1 Å².